The summed E-state index contributed by atoms with van der Waals surface area (Å²) in [5.74, 6) is 1.07. The first-order chi connectivity index (χ1) is 9.13. The summed E-state index contributed by atoms with van der Waals surface area (Å²) in [6.45, 7) is 3.28. The second kappa shape index (κ2) is 6.16. The second-order valence-corrected chi connectivity index (χ2v) is 4.90. The summed E-state index contributed by atoms with van der Waals surface area (Å²) in [6.07, 6.45) is 0.766. The zero-order valence-corrected chi connectivity index (χ0v) is 11.6. The molecule has 0 aliphatic carbocycles. The molecule has 19 heavy (non-hydrogen) atoms. The van der Waals surface area contributed by atoms with Crippen LogP contribution in [0.2, 0.25) is 0 Å². The first-order valence-electron chi connectivity index (χ1n) is 6.35. The summed E-state index contributed by atoms with van der Waals surface area (Å²) < 4.78 is 15.6. The lowest BCUT2D eigenvalue weighted by Gasteiger charge is -2.14. The number of likely N-dealkylation sites (tertiary alicyclic amines) is 1. The number of aromatic nitrogens is 1. The SMILES string of the molecule is COCC(=O)N1C[C@@H](Cc2cc(C)no2)[C@@H](OC)C1. The minimum Gasteiger partial charge on any atom is -0.379 e. The molecule has 1 aromatic heterocycles. The fraction of sp³-hybridized carbons (Fsp3) is 0.692. The molecular weight excluding hydrogens is 248 g/mol. The minimum atomic E-state index is 0.000741. The lowest BCUT2D eigenvalue weighted by atomic mass is 10.0. The van der Waals surface area contributed by atoms with Gasteiger partial charge in [-0.05, 0) is 6.92 Å². The quantitative estimate of drug-likeness (QED) is 0.784. The third kappa shape index (κ3) is 3.33. The Balaban J connectivity index is 1.98. The summed E-state index contributed by atoms with van der Waals surface area (Å²) in [4.78, 5) is 13.6. The van der Waals surface area contributed by atoms with Crippen molar-refractivity contribution in [3.63, 3.8) is 0 Å². The highest BCUT2D eigenvalue weighted by atomic mass is 16.5. The molecule has 1 aliphatic rings. The van der Waals surface area contributed by atoms with Crippen molar-refractivity contribution in [2.75, 3.05) is 33.9 Å². The van der Waals surface area contributed by atoms with Crippen molar-refractivity contribution in [2.24, 2.45) is 5.92 Å². The molecule has 1 aromatic rings. The molecule has 1 aliphatic heterocycles. The van der Waals surface area contributed by atoms with Gasteiger partial charge in [0.25, 0.3) is 0 Å². The van der Waals surface area contributed by atoms with Crippen LogP contribution in [0.4, 0.5) is 0 Å². The largest absolute Gasteiger partial charge is 0.379 e. The van der Waals surface area contributed by atoms with E-state index in [9.17, 15) is 4.79 Å². The van der Waals surface area contributed by atoms with Crippen molar-refractivity contribution >= 4 is 5.91 Å². The lowest BCUT2D eigenvalue weighted by molar-refractivity contribution is -0.134. The number of hydrogen-bond acceptors (Lipinski definition) is 5. The predicted molar refractivity (Wildman–Crippen MR) is 67.7 cm³/mol. The van der Waals surface area contributed by atoms with Crippen molar-refractivity contribution in [1.29, 1.82) is 0 Å². The van der Waals surface area contributed by atoms with Crippen LogP contribution in [-0.2, 0) is 20.7 Å². The van der Waals surface area contributed by atoms with Gasteiger partial charge in [-0.15, -0.1) is 0 Å². The Labute approximate surface area is 112 Å². The molecular formula is C13H20N2O4. The zero-order chi connectivity index (χ0) is 13.8. The summed E-state index contributed by atoms with van der Waals surface area (Å²) in [5, 5.41) is 3.88. The van der Waals surface area contributed by atoms with E-state index < -0.39 is 0 Å². The Bertz CT molecular complexity index is 432. The highest BCUT2D eigenvalue weighted by Gasteiger charge is 2.35. The molecule has 106 valence electrons. The summed E-state index contributed by atoms with van der Waals surface area (Å²) >= 11 is 0. The van der Waals surface area contributed by atoms with E-state index in [1.54, 1.807) is 12.0 Å². The maximum absolute atomic E-state index is 11.8. The molecule has 2 heterocycles. The van der Waals surface area contributed by atoms with Gasteiger partial charge in [-0.25, -0.2) is 0 Å². The Morgan fingerprint density at radius 2 is 2.32 bits per heavy atom. The van der Waals surface area contributed by atoms with Crippen LogP contribution < -0.4 is 0 Å². The average molecular weight is 268 g/mol. The molecule has 2 rings (SSSR count). The van der Waals surface area contributed by atoms with Crippen LogP contribution in [0.3, 0.4) is 0 Å². The highest BCUT2D eigenvalue weighted by Crippen LogP contribution is 2.24. The van der Waals surface area contributed by atoms with E-state index in [1.165, 1.54) is 7.11 Å². The van der Waals surface area contributed by atoms with Crippen molar-refractivity contribution < 1.29 is 18.8 Å². The van der Waals surface area contributed by atoms with Crippen molar-refractivity contribution in [1.82, 2.24) is 10.1 Å². The van der Waals surface area contributed by atoms with E-state index in [0.29, 0.717) is 13.1 Å². The highest BCUT2D eigenvalue weighted by molar-refractivity contribution is 5.77. The lowest BCUT2D eigenvalue weighted by Crippen LogP contribution is -2.32. The maximum Gasteiger partial charge on any atom is 0.248 e. The molecule has 6 heteroatoms. The number of methoxy groups -OCH3 is 2. The van der Waals surface area contributed by atoms with Gasteiger partial charge >= 0.3 is 0 Å². The Morgan fingerprint density at radius 3 is 2.89 bits per heavy atom. The van der Waals surface area contributed by atoms with E-state index in [4.69, 9.17) is 14.0 Å². The van der Waals surface area contributed by atoms with Gasteiger partial charge in [0.2, 0.25) is 5.91 Å². The third-order valence-electron chi connectivity index (χ3n) is 3.44. The van der Waals surface area contributed by atoms with Crippen molar-refractivity contribution in [3.8, 4) is 0 Å². The van der Waals surface area contributed by atoms with Gasteiger partial charge in [0.1, 0.15) is 12.4 Å². The number of ether oxygens (including phenoxy) is 2. The van der Waals surface area contributed by atoms with Gasteiger partial charge in [0.05, 0.1) is 11.8 Å². The topological polar surface area (TPSA) is 64.8 Å². The molecule has 1 amide bonds. The molecule has 0 saturated carbocycles. The molecule has 0 radical (unpaired) electrons. The fourth-order valence-electron chi connectivity index (χ4n) is 2.49. The van der Waals surface area contributed by atoms with E-state index in [2.05, 4.69) is 5.16 Å². The van der Waals surface area contributed by atoms with E-state index in [1.807, 2.05) is 13.0 Å². The third-order valence-corrected chi connectivity index (χ3v) is 3.44. The first-order valence-corrected chi connectivity index (χ1v) is 6.35. The number of carbonyl (C=O) groups excluding carboxylic acids is 1. The summed E-state index contributed by atoms with van der Waals surface area (Å²) in [6, 6.07) is 1.92. The monoisotopic (exact) mass is 268 g/mol. The maximum atomic E-state index is 11.8. The number of carbonyl (C=O) groups is 1. The number of nitrogens with zero attached hydrogens (tertiary/aromatic N) is 2. The van der Waals surface area contributed by atoms with Crippen LogP contribution in [0.1, 0.15) is 11.5 Å². The number of amides is 1. The van der Waals surface area contributed by atoms with Gasteiger partial charge in [-0.2, -0.15) is 0 Å². The van der Waals surface area contributed by atoms with E-state index in [-0.39, 0.29) is 24.5 Å². The van der Waals surface area contributed by atoms with Gasteiger partial charge in [0.15, 0.2) is 0 Å². The molecule has 1 fully saturated rings. The van der Waals surface area contributed by atoms with Crippen LogP contribution in [0, 0.1) is 12.8 Å². The predicted octanol–water partition coefficient (Wildman–Crippen LogP) is 0.645. The van der Waals surface area contributed by atoms with Gasteiger partial charge < -0.3 is 18.9 Å². The standard InChI is InChI=1S/C13H20N2O4/c1-9-4-11(19-14-9)5-10-6-15(7-12(10)18-3)13(16)8-17-2/h4,10,12H,5-8H2,1-3H3/t10-,12+/m1/s1. The molecule has 0 unspecified atom stereocenters. The van der Waals surface area contributed by atoms with Gasteiger partial charge in [-0.3, -0.25) is 4.79 Å². The first kappa shape index (κ1) is 14.0. The van der Waals surface area contributed by atoms with Crippen LogP contribution in [0.15, 0.2) is 10.6 Å². The average Bonchev–Trinajstić information content (AvgIpc) is 2.97. The van der Waals surface area contributed by atoms with Crippen LogP contribution in [0.5, 0.6) is 0 Å². The number of aryl methyl sites for hydroxylation is 1. The molecule has 6 nitrogen and oxygen atoms in total. The fourth-order valence-corrected chi connectivity index (χ4v) is 2.49. The zero-order valence-electron chi connectivity index (χ0n) is 11.6. The van der Waals surface area contributed by atoms with E-state index >= 15 is 0 Å². The number of hydrogen-bond donors (Lipinski definition) is 0. The van der Waals surface area contributed by atoms with E-state index in [0.717, 1.165) is 17.9 Å². The summed E-state index contributed by atoms with van der Waals surface area (Å²) in [5.41, 5.74) is 0.870. The molecule has 2 atom stereocenters. The normalized spacial score (nSPS) is 23.0. The molecule has 0 spiro atoms. The van der Waals surface area contributed by atoms with Gasteiger partial charge in [-0.1, -0.05) is 5.16 Å². The van der Waals surface area contributed by atoms with Crippen LogP contribution >= 0.6 is 0 Å². The molecule has 0 bridgehead atoms. The smallest absolute Gasteiger partial charge is 0.248 e. The molecule has 0 N–H and O–H groups in total. The van der Waals surface area contributed by atoms with Gasteiger partial charge in [0, 0.05) is 45.7 Å². The minimum absolute atomic E-state index is 0.000741. The second-order valence-electron chi connectivity index (χ2n) is 4.90. The Hall–Kier alpha value is -1.40. The van der Waals surface area contributed by atoms with Crippen molar-refractivity contribution in [3.05, 3.63) is 17.5 Å². The van der Waals surface area contributed by atoms with Crippen LogP contribution in [0.25, 0.3) is 0 Å². The Morgan fingerprint density at radius 1 is 1.53 bits per heavy atom. The number of rotatable bonds is 5. The van der Waals surface area contributed by atoms with Crippen molar-refractivity contribution in [2.45, 2.75) is 19.4 Å². The van der Waals surface area contributed by atoms with Crippen LogP contribution in [-0.4, -0.2) is 56.0 Å². The molecule has 0 aromatic carbocycles. The molecule has 1 saturated heterocycles. The summed E-state index contributed by atoms with van der Waals surface area (Å²) in [7, 11) is 3.20. The Kier molecular flexibility index (Phi) is 4.55.